The number of anilines is 1. The van der Waals surface area contributed by atoms with Crippen LogP contribution in [0.2, 0.25) is 5.02 Å². The summed E-state index contributed by atoms with van der Waals surface area (Å²) in [4.78, 5) is 18.3. The minimum atomic E-state index is -4.76. The smallest absolute Gasteiger partial charge is 0.406 e. The standard InChI is InChI=1S/C19H13ClF3N3O3/c20-13-3-5-14(6-4-13)26-10-12(9-16(26)27)18-24-17(25-29-18)11-1-7-15(8-2-11)28-19(21,22)23/h1-8,12H,9-10H2. The zero-order valence-corrected chi connectivity index (χ0v) is 15.4. The van der Waals surface area contributed by atoms with Crippen LogP contribution >= 0.6 is 11.6 Å². The number of halogens is 4. The van der Waals surface area contributed by atoms with Crippen LogP contribution in [0.15, 0.2) is 53.1 Å². The summed E-state index contributed by atoms with van der Waals surface area (Å²) >= 11 is 5.88. The van der Waals surface area contributed by atoms with Crippen molar-refractivity contribution in [2.45, 2.75) is 18.7 Å². The monoisotopic (exact) mass is 423 g/mol. The van der Waals surface area contributed by atoms with Crippen LogP contribution in [0, 0.1) is 0 Å². The lowest BCUT2D eigenvalue weighted by Gasteiger charge is -2.15. The number of hydrogen-bond acceptors (Lipinski definition) is 5. The van der Waals surface area contributed by atoms with Crippen LogP contribution in [0.1, 0.15) is 18.2 Å². The number of rotatable bonds is 4. The summed E-state index contributed by atoms with van der Waals surface area (Å²) in [7, 11) is 0. The number of aromatic nitrogens is 2. The second-order valence-electron chi connectivity index (χ2n) is 6.41. The van der Waals surface area contributed by atoms with E-state index in [9.17, 15) is 18.0 Å². The highest BCUT2D eigenvalue weighted by molar-refractivity contribution is 6.30. The normalized spacial score (nSPS) is 17.0. The quantitative estimate of drug-likeness (QED) is 0.602. The Morgan fingerprint density at radius 3 is 2.45 bits per heavy atom. The van der Waals surface area contributed by atoms with Gasteiger partial charge in [-0.3, -0.25) is 4.79 Å². The van der Waals surface area contributed by atoms with Gasteiger partial charge < -0.3 is 14.2 Å². The summed E-state index contributed by atoms with van der Waals surface area (Å²) < 4.78 is 45.9. The molecule has 0 bridgehead atoms. The molecule has 1 unspecified atom stereocenters. The first kappa shape index (κ1) is 19.3. The number of amides is 1. The van der Waals surface area contributed by atoms with Gasteiger partial charge in [-0.25, -0.2) is 0 Å². The van der Waals surface area contributed by atoms with Crippen molar-refractivity contribution in [1.29, 1.82) is 0 Å². The zero-order valence-electron chi connectivity index (χ0n) is 14.7. The van der Waals surface area contributed by atoms with Gasteiger partial charge in [0.2, 0.25) is 17.6 Å². The average Bonchev–Trinajstić information content (AvgIpc) is 3.29. The summed E-state index contributed by atoms with van der Waals surface area (Å²) in [5.41, 5.74) is 1.19. The first-order valence-electron chi connectivity index (χ1n) is 8.54. The molecule has 1 aromatic heterocycles. The second-order valence-corrected chi connectivity index (χ2v) is 6.85. The molecule has 1 aliphatic heterocycles. The van der Waals surface area contributed by atoms with Gasteiger partial charge in [-0.2, -0.15) is 4.98 Å². The zero-order chi connectivity index (χ0) is 20.6. The van der Waals surface area contributed by atoms with Crippen LogP contribution in [0.25, 0.3) is 11.4 Å². The molecular weight excluding hydrogens is 411 g/mol. The number of carbonyl (C=O) groups is 1. The molecule has 2 aromatic carbocycles. The molecule has 0 aliphatic carbocycles. The summed E-state index contributed by atoms with van der Waals surface area (Å²) in [6.07, 6.45) is -4.55. The molecule has 1 saturated heterocycles. The molecule has 0 radical (unpaired) electrons. The van der Waals surface area contributed by atoms with E-state index in [1.807, 2.05) is 0 Å². The largest absolute Gasteiger partial charge is 0.573 e. The Hall–Kier alpha value is -3.07. The van der Waals surface area contributed by atoms with E-state index in [1.54, 1.807) is 29.2 Å². The maximum Gasteiger partial charge on any atom is 0.573 e. The number of hydrogen-bond donors (Lipinski definition) is 0. The van der Waals surface area contributed by atoms with E-state index in [0.29, 0.717) is 23.0 Å². The molecule has 1 atom stereocenters. The molecular formula is C19H13ClF3N3O3. The molecule has 1 amide bonds. The van der Waals surface area contributed by atoms with E-state index >= 15 is 0 Å². The summed E-state index contributed by atoms with van der Waals surface area (Å²) in [5.74, 6) is -0.195. The van der Waals surface area contributed by atoms with Crippen LogP contribution in [0.3, 0.4) is 0 Å². The molecule has 0 N–H and O–H groups in total. The van der Waals surface area contributed by atoms with Gasteiger partial charge in [0.15, 0.2) is 0 Å². The lowest BCUT2D eigenvalue weighted by atomic mass is 10.1. The minimum Gasteiger partial charge on any atom is -0.406 e. The van der Waals surface area contributed by atoms with Gasteiger partial charge in [0.25, 0.3) is 0 Å². The molecule has 150 valence electrons. The number of carbonyl (C=O) groups excluding carboxylic acids is 1. The highest BCUT2D eigenvalue weighted by Gasteiger charge is 2.35. The molecule has 1 aliphatic rings. The number of alkyl halides is 3. The van der Waals surface area contributed by atoms with E-state index in [2.05, 4.69) is 14.9 Å². The molecule has 0 spiro atoms. The summed E-state index contributed by atoms with van der Waals surface area (Å²) in [5, 5.41) is 4.45. The van der Waals surface area contributed by atoms with Gasteiger partial charge >= 0.3 is 6.36 Å². The Balaban J connectivity index is 1.48. The topological polar surface area (TPSA) is 68.5 Å². The van der Waals surface area contributed by atoms with Crippen molar-refractivity contribution in [3.05, 3.63) is 59.4 Å². The summed E-state index contributed by atoms with van der Waals surface area (Å²) in [6, 6.07) is 12.0. The lowest BCUT2D eigenvalue weighted by molar-refractivity contribution is -0.274. The van der Waals surface area contributed by atoms with E-state index < -0.39 is 6.36 Å². The fourth-order valence-electron chi connectivity index (χ4n) is 3.07. The van der Waals surface area contributed by atoms with Crippen molar-refractivity contribution < 1.29 is 27.2 Å². The molecule has 2 heterocycles. The third-order valence-corrected chi connectivity index (χ3v) is 4.65. The molecule has 10 heteroatoms. The second kappa shape index (κ2) is 7.40. The molecule has 0 saturated carbocycles. The molecule has 4 rings (SSSR count). The Morgan fingerprint density at radius 2 is 1.79 bits per heavy atom. The molecule has 29 heavy (non-hydrogen) atoms. The van der Waals surface area contributed by atoms with E-state index in [0.717, 1.165) is 5.69 Å². The third-order valence-electron chi connectivity index (χ3n) is 4.40. The Kier molecular flexibility index (Phi) is 4.91. The minimum absolute atomic E-state index is 0.0780. The number of nitrogens with zero attached hydrogens (tertiary/aromatic N) is 3. The maximum atomic E-state index is 12.4. The average molecular weight is 424 g/mol. The van der Waals surface area contributed by atoms with Crippen molar-refractivity contribution in [1.82, 2.24) is 10.1 Å². The van der Waals surface area contributed by atoms with Crippen LogP contribution in [0.5, 0.6) is 5.75 Å². The Morgan fingerprint density at radius 1 is 1.10 bits per heavy atom. The van der Waals surface area contributed by atoms with Crippen molar-refractivity contribution in [2.75, 3.05) is 11.4 Å². The Labute approximate surface area is 167 Å². The lowest BCUT2D eigenvalue weighted by Crippen LogP contribution is -2.24. The van der Waals surface area contributed by atoms with Crippen LogP contribution in [0.4, 0.5) is 18.9 Å². The number of ether oxygens (including phenoxy) is 1. The van der Waals surface area contributed by atoms with Gasteiger partial charge in [0.05, 0.1) is 5.92 Å². The van der Waals surface area contributed by atoms with Gasteiger partial charge in [0, 0.05) is 29.2 Å². The van der Waals surface area contributed by atoms with Crippen LogP contribution in [-0.2, 0) is 4.79 Å². The third kappa shape index (κ3) is 4.34. The van der Waals surface area contributed by atoms with Gasteiger partial charge in [-0.05, 0) is 48.5 Å². The molecule has 3 aromatic rings. The Bertz CT molecular complexity index is 1020. The SMILES string of the molecule is O=C1CC(c2nc(-c3ccc(OC(F)(F)F)cc3)no2)CN1c1ccc(Cl)cc1. The first-order chi connectivity index (χ1) is 13.8. The first-order valence-corrected chi connectivity index (χ1v) is 8.92. The predicted molar refractivity (Wildman–Crippen MR) is 97.6 cm³/mol. The van der Waals surface area contributed by atoms with E-state index in [4.69, 9.17) is 16.1 Å². The van der Waals surface area contributed by atoms with Gasteiger partial charge in [-0.15, -0.1) is 13.2 Å². The van der Waals surface area contributed by atoms with Crippen LogP contribution in [-0.4, -0.2) is 29.0 Å². The van der Waals surface area contributed by atoms with E-state index in [1.165, 1.54) is 24.3 Å². The molecule has 1 fully saturated rings. The predicted octanol–water partition coefficient (Wildman–Crippen LogP) is 4.81. The molecule has 6 nitrogen and oxygen atoms in total. The highest BCUT2D eigenvalue weighted by atomic mass is 35.5. The highest BCUT2D eigenvalue weighted by Crippen LogP contribution is 2.33. The van der Waals surface area contributed by atoms with Gasteiger partial charge in [0.1, 0.15) is 5.75 Å². The van der Waals surface area contributed by atoms with Crippen LogP contribution < -0.4 is 9.64 Å². The van der Waals surface area contributed by atoms with Crippen molar-refractivity contribution in [3.8, 4) is 17.1 Å². The fourth-order valence-corrected chi connectivity index (χ4v) is 3.19. The van der Waals surface area contributed by atoms with Gasteiger partial charge in [-0.1, -0.05) is 16.8 Å². The van der Waals surface area contributed by atoms with Crippen molar-refractivity contribution in [2.24, 2.45) is 0 Å². The van der Waals surface area contributed by atoms with Crippen molar-refractivity contribution >= 4 is 23.2 Å². The maximum absolute atomic E-state index is 12.4. The van der Waals surface area contributed by atoms with E-state index in [-0.39, 0.29) is 29.8 Å². The van der Waals surface area contributed by atoms with Crippen molar-refractivity contribution in [3.63, 3.8) is 0 Å². The summed E-state index contributed by atoms with van der Waals surface area (Å²) in [6.45, 7) is 0.375. The number of benzene rings is 2. The fraction of sp³-hybridized carbons (Fsp3) is 0.211.